The van der Waals surface area contributed by atoms with E-state index in [9.17, 15) is 13.2 Å². The number of pyridine rings is 1. The first kappa shape index (κ1) is 32.9. The molecule has 250 valence electrons. The Morgan fingerprint density at radius 2 is 1.60 bits per heavy atom. The van der Waals surface area contributed by atoms with Gasteiger partial charge in [-0.3, -0.25) is 14.5 Å². The second-order valence-electron chi connectivity index (χ2n) is 12.2. The number of carbonyl (C=O) groups is 2. The Bertz CT molecular complexity index is 1720. The van der Waals surface area contributed by atoms with Crippen molar-refractivity contribution >= 4 is 27.5 Å². The fraction of sp³-hybridized carbons (Fsp3) is 0.457. The van der Waals surface area contributed by atoms with Crippen LogP contribution in [0.25, 0.3) is 0 Å². The molecular formula is C35H43N5O6S. The number of hydrogen-bond donors (Lipinski definition) is 0. The molecule has 0 bridgehead atoms. The average molecular weight is 662 g/mol. The minimum atomic E-state index is -4.47. The van der Waals surface area contributed by atoms with E-state index in [1.807, 2.05) is 11.8 Å². The van der Waals surface area contributed by atoms with Crippen LogP contribution in [0.2, 0.25) is 0 Å². The van der Waals surface area contributed by atoms with Crippen molar-refractivity contribution in [3.8, 4) is 11.6 Å². The highest BCUT2D eigenvalue weighted by atomic mass is 32.2. The number of fused-ring (bicyclic) bond motifs is 1. The Hall–Kier alpha value is -4.00. The molecule has 3 aliphatic heterocycles. The number of piperidine rings is 1. The van der Waals surface area contributed by atoms with Gasteiger partial charge in [-0.05, 0) is 69.2 Å². The van der Waals surface area contributed by atoms with Gasteiger partial charge in [-0.25, -0.2) is 17.7 Å². The van der Waals surface area contributed by atoms with Crippen LogP contribution in [0.4, 0.5) is 5.69 Å². The fourth-order valence-electron chi connectivity index (χ4n) is 7.35. The molecule has 12 heteroatoms. The minimum Gasteiger partial charge on any atom is -0.495 e. The van der Waals surface area contributed by atoms with Crippen LogP contribution in [0, 0.1) is 0 Å². The summed E-state index contributed by atoms with van der Waals surface area (Å²) in [6.45, 7) is 10.1. The molecule has 0 saturated carbocycles. The van der Waals surface area contributed by atoms with E-state index in [1.165, 1.54) is 19.2 Å². The summed E-state index contributed by atoms with van der Waals surface area (Å²) in [7, 11) is -3.09. The molecule has 2 aromatic carbocycles. The molecule has 1 aromatic heterocycles. The van der Waals surface area contributed by atoms with Gasteiger partial charge < -0.3 is 19.3 Å². The van der Waals surface area contributed by atoms with Crippen molar-refractivity contribution < 1.29 is 27.5 Å². The van der Waals surface area contributed by atoms with Crippen molar-refractivity contribution in [1.82, 2.24) is 19.7 Å². The monoisotopic (exact) mass is 661 g/mol. The van der Waals surface area contributed by atoms with Crippen LogP contribution in [-0.2, 0) is 25.0 Å². The number of methoxy groups -OCH3 is 1. The van der Waals surface area contributed by atoms with Gasteiger partial charge in [0.2, 0.25) is 11.8 Å². The summed E-state index contributed by atoms with van der Waals surface area (Å²) < 4.78 is 41.0. The van der Waals surface area contributed by atoms with Gasteiger partial charge in [-0.1, -0.05) is 43.3 Å². The molecule has 6 rings (SSSR count). The van der Waals surface area contributed by atoms with Crippen molar-refractivity contribution in [2.75, 3.05) is 63.8 Å². The Morgan fingerprint density at radius 1 is 0.915 bits per heavy atom. The molecule has 2 fully saturated rings. The summed E-state index contributed by atoms with van der Waals surface area (Å²) in [6, 6.07) is 16.9. The lowest BCUT2D eigenvalue weighted by Gasteiger charge is -2.43. The lowest BCUT2D eigenvalue weighted by Crippen LogP contribution is -2.55. The highest BCUT2D eigenvalue weighted by Gasteiger charge is 2.58. The van der Waals surface area contributed by atoms with E-state index in [0.717, 1.165) is 49.9 Å². The quantitative estimate of drug-likeness (QED) is 0.322. The van der Waals surface area contributed by atoms with E-state index in [1.54, 1.807) is 54.7 Å². The third-order valence-electron chi connectivity index (χ3n) is 9.84. The van der Waals surface area contributed by atoms with Gasteiger partial charge in [0.05, 0.1) is 19.4 Å². The van der Waals surface area contributed by atoms with E-state index in [4.69, 9.17) is 9.47 Å². The zero-order chi connectivity index (χ0) is 33.2. The second-order valence-corrected chi connectivity index (χ2v) is 14.0. The van der Waals surface area contributed by atoms with Crippen molar-refractivity contribution in [2.24, 2.45) is 0 Å². The summed E-state index contributed by atoms with van der Waals surface area (Å²) in [5.74, 6) is -0.684. The molecule has 0 aliphatic carbocycles. The number of rotatable bonds is 10. The first-order valence-electron chi connectivity index (χ1n) is 16.4. The van der Waals surface area contributed by atoms with E-state index in [2.05, 4.69) is 21.7 Å². The zero-order valence-corrected chi connectivity index (χ0v) is 28.1. The number of benzene rings is 2. The van der Waals surface area contributed by atoms with Crippen molar-refractivity contribution in [3.63, 3.8) is 0 Å². The highest BCUT2D eigenvalue weighted by Crippen LogP contribution is 2.52. The summed E-state index contributed by atoms with van der Waals surface area (Å²) in [4.78, 5) is 40.4. The van der Waals surface area contributed by atoms with Crippen LogP contribution in [0.15, 0.2) is 71.8 Å². The van der Waals surface area contributed by atoms with Crippen molar-refractivity contribution in [3.05, 3.63) is 78.0 Å². The maximum absolute atomic E-state index is 15.0. The number of likely N-dealkylation sites (tertiary alicyclic amines) is 1. The summed E-state index contributed by atoms with van der Waals surface area (Å²) in [5.41, 5.74) is -0.754. The molecule has 11 nitrogen and oxygen atoms in total. The van der Waals surface area contributed by atoms with E-state index in [0.29, 0.717) is 30.3 Å². The third-order valence-corrected chi connectivity index (χ3v) is 11.6. The number of piperazine rings is 1. The predicted octanol–water partition coefficient (Wildman–Crippen LogP) is 3.53. The van der Waals surface area contributed by atoms with Gasteiger partial charge in [0.15, 0.2) is 0 Å². The zero-order valence-electron chi connectivity index (χ0n) is 27.3. The predicted molar refractivity (Wildman–Crippen MR) is 178 cm³/mol. The van der Waals surface area contributed by atoms with E-state index < -0.39 is 21.3 Å². The van der Waals surface area contributed by atoms with Crippen molar-refractivity contribution in [2.45, 2.75) is 49.5 Å². The van der Waals surface area contributed by atoms with Gasteiger partial charge in [-0.15, -0.1) is 0 Å². The van der Waals surface area contributed by atoms with Gasteiger partial charge in [0.1, 0.15) is 16.1 Å². The standard InChI is InChI=1S/C35H43N5O6S/c1-4-37-19-16-26(17-20-37)38-21-23-39(24-22-38)32(41)25-35(28-12-10-18-36-33(28)46-5-2)27-11-6-7-13-29(27)40(34(35)42)47(43,44)31-15-9-8-14-30(31)45-3/h6-15,18,26H,4-5,16-17,19-25H2,1-3H3. The number of hydrogen-bond acceptors (Lipinski definition) is 9. The van der Waals surface area contributed by atoms with E-state index in [-0.39, 0.29) is 41.1 Å². The number of amides is 2. The Labute approximate surface area is 277 Å². The first-order chi connectivity index (χ1) is 22.8. The molecule has 0 N–H and O–H groups in total. The van der Waals surface area contributed by atoms with Crippen molar-refractivity contribution in [1.29, 1.82) is 0 Å². The maximum atomic E-state index is 15.0. The molecule has 2 saturated heterocycles. The first-order valence-corrected chi connectivity index (χ1v) is 17.8. The van der Waals surface area contributed by atoms with Gasteiger partial charge in [0, 0.05) is 50.4 Å². The van der Waals surface area contributed by atoms with Crippen LogP contribution < -0.4 is 13.8 Å². The minimum absolute atomic E-state index is 0.112. The fourth-order valence-corrected chi connectivity index (χ4v) is 8.99. The normalized spacial score (nSPS) is 21.1. The number of sulfonamides is 1. The number of para-hydroxylation sites is 2. The molecule has 47 heavy (non-hydrogen) atoms. The molecule has 3 aromatic rings. The number of anilines is 1. The van der Waals surface area contributed by atoms with Crippen LogP contribution in [0.1, 0.15) is 44.2 Å². The second kappa shape index (κ2) is 13.6. The average Bonchev–Trinajstić information content (AvgIpc) is 3.36. The number of ether oxygens (including phenoxy) is 2. The number of aromatic nitrogens is 1. The molecule has 1 unspecified atom stereocenters. The van der Waals surface area contributed by atoms with E-state index >= 15 is 4.79 Å². The molecular weight excluding hydrogens is 618 g/mol. The molecule has 0 radical (unpaired) electrons. The number of carbonyl (C=O) groups excluding carboxylic acids is 2. The lowest BCUT2D eigenvalue weighted by atomic mass is 9.72. The van der Waals surface area contributed by atoms with Crippen LogP contribution in [0.5, 0.6) is 11.6 Å². The highest BCUT2D eigenvalue weighted by molar-refractivity contribution is 7.93. The summed E-state index contributed by atoms with van der Waals surface area (Å²) >= 11 is 0. The number of nitrogens with zero attached hydrogens (tertiary/aromatic N) is 5. The maximum Gasteiger partial charge on any atom is 0.274 e. The smallest absolute Gasteiger partial charge is 0.274 e. The Kier molecular flexibility index (Phi) is 9.54. The molecule has 1 atom stereocenters. The van der Waals surface area contributed by atoms with Crippen LogP contribution in [-0.4, -0.2) is 105 Å². The molecule has 2 amide bonds. The third kappa shape index (κ3) is 5.87. The summed E-state index contributed by atoms with van der Waals surface area (Å²) in [5, 5.41) is 0. The van der Waals surface area contributed by atoms with Gasteiger partial charge >= 0.3 is 0 Å². The summed E-state index contributed by atoms with van der Waals surface area (Å²) in [6.07, 6.45) is 3.52. The molecule has 3 aliphatic rings. The Morgan fingerprint density at radius 3 is 2.30 bits per heavy atom. The van der Waals surface area contributed by atoms with Gasteiger partial charge in [0.25, 0.3) is 15.9 Å². The molecule has 0 spiro atoms. The SMILES string of the molecule is CCOc1ncccc1C1(CC(=O)N2CCN(C3CCN(CC)CC3)CC2)C(=O)N(S(=O)(=O)c2ccccc2OC)c2ccccc21. The molecule has 4 heterocycles. The Balaban J connectivity index is 1.38. The van der Waals surface area contributed by atoms with Crippen LogP contribution in [0.3, 0.4) is 0 Å². The van der Waals surface area contributed by atoms with Gasteiger partial charge in [-0.2, -0.15) is 0 Å². The van der Waals surface area contributed by atoms with Crippen LogP contribution >= 0.6 is 0 Å². The lowest BCUT2D eigenvalue weighted by molar-refractivity contribution is -0.137. The largest absolute Gasteiger partial charge is 0.495 e. The topological polar surface area (TPSA) is 113 Å².